The lowest BCUT2D eigenvalue weighted by Crippen LogP contribution is -2.38. The van der Waals surface area contributed by atoms with E-state index in [4.69, 9.17) is 9.36 Å². The average molecular weight is 530 g/mol. The molecule has 1 aliphatic heterocycles. The summed E-state index contributed by atoms with van der Waals surface area (Å²) in [6, 6.07) is 14.4. The van der Waals surface area contributed by atoms with Crippen LogP contribution in [-0.2, 0) is 17.7 Å². The SMILES string of the molecule is CO/N=C(\C)c1ccc2c(c1)CCN(CCC1CCC(NC(=O)c3cccc(-c4noc(C)n4)c3)CC1)CC2. The van der Waals surface area contributed by atoms with E-state index in [-0.39, 0.29) is 11.9 Å². The summed E-state index contributed by atoms with van der Waals surface area (Å²) in [7, 11) is 1.59. The van der Waals surface area contributed by atoms with Gasteiger partial charge in [-0.15, -0.1) is 0 Å². The van der Waals surface area contributed by atoms with Crippen LogP contribution in [0.3, 0.4) is 0 Å². The molecule has 0 atom stereocenters. The van der Waals surface area contributed by atoms with Crippen LogP contribution in [-0.4, -0.2) is 59.4 Å². The molecule has 1 N–H and O–H groups in total. The predicted molar refractivity (Wildman–Crippen MR) is 152 cm³/mol. The first-order valence-electron chi connectivity index (χ1n) is 14.1. The number of rotatable bonds is 8. The summed E-state index contributed by atoms with van der Waals surface area (Å²) in [6.07, 6.45) is 7.82. The van der Waals surface area contributed by atoms with Gasteiger partial charge in [0.25, 0.3) is 5.91 Å². The normalized spacial score (nSPS) is 20.2. The van der Waals surface area contributed by atoms with Crippen molar-refractivity contribution in [2.45, 2.75) is 64.8 Å². The Balaban J connectivity index is 1.06. The molecule has 2 aromatic carbocycles. The van der Waals surface area contributed by atoms with E-state index < -0.39 is 0 Å². The molecule has 1 saturated carbocycles. The monoisotopic (exact) mass is 529 g/mol. The van der Waals surface area contributed by atoms with Gasteiger partial charge in [-0.1, -0.05) is 34.6 Å². The van der Waals surface area contributed by atoms with Gasteiger partial charge in [0.15, 0.2) is 0 Å². The Morgan fingerprint density at radius 2 is 1.87 bits per heavy atom. The first kappa shape index (κ1) is 27.1. The van der Waals surface area contributed by atoms with Crippen LogP contribution >= 0.6 is 0 Å². The van der Waals surface area contributed by atoms with Crippen molar-refractivity contribution in [3.05, 3.63) is 70.6 Å². The number of aromatic nitrogens is 2. The second-order valence-corrected chi connectivity index (χ2v) is 10.9. The molecule has 8 heteroatoms. The maximum absolute atomic E-state index is 12.9. The number of amides is 1. The second kappa shape index (κ2) is 12.6. The fraction of sp³-hybridized carbons (Fsp3) is 0.484. The van der Waals surface area contributed by atoms with E-state index in [2.05, 4.69) is 43.7 Å². The van der Waals surface area contributed by atoms with Crippen molar-refractivity contribution in [2.24, 2.45) is 11.1 Å². The number of fused-ring (bicyclic) bond motifs is 1. The van der Waals surface area contributed by atoms with Crippen LogP contribution in [0.2, 0.25) is 0 Å². The minimum absolute atomic E-state index is 0.0310. The van der Waals surface area contributed by atoms with Gasteiger partial charge in [0, 0.05) is 37.2 Å². The second-order valence-electron chi connectivity index (χ2n) is 10.9. The lowest BCUT2D eigenvalue weighted by Gasteiger charge is -2.30. The Hall–Kier alpha value is -3.52. The molecule has 0 spiro atoms. The Morgan fingerprint density at radius 1 is 1.08 bits per heavy atom. The van der Waals surface area contributed by atoms with Gasteiger partial charge in [-0.2, -0.15) is 4.98 Å². The van der Waals surface area contributed by atoms with Gasteiger partial charge in [-0.05, 0) is 99.2 Å². The molecule has 5 rings (SSSR count). The highest BCUT2D eigenvalue weighted by atomic mass is 16.6. The third-order valence-electron chi connectivity index (χ3n) is 8.19. The first-order chi connectivity index (χ1) is 19.0. The van der Waals surface area contributed by atoms with E-state index in [1.807, 2.05) is 31.2 Å². The maximum atomic E-state index is 12.9. The third kappa shape index (κ3) is 6.92. The molecule has 0 bridgehead atoms. The zero-order valence-electron chi connectivity index (χ0n) is 23.3. The molecule has 1 aliphatic carbocycles. The topological polar surface area (TPSA) is 92.8 Å². The number of oxime groups is 1. The van der Waals surface area contributed by atoms with E-state index >= 15 is 0 Å². The predicted octanol–water partition coefficient (Wildman–Crippen LogP) is 5.19. The number of nitrogens with zero attached hydrogens (tertiary/aromatic N) is 4. The molecule has 1 aromatic heterocycles. The highest BCUT2D eigenvalue weighted by Crippen LogP contribution is 2.28. The molecular formula is C31H39N5O3. The quantitative estimate of drug-likeness (QED) is 0.319. The van der Waals surface area contributed by atoms with Crippen molar-refractivity contribution in [2.75, 3.05) is 26.7 Å². The van der Waals surface area contributed by atoms with Crippen LogP contribution in [0.1, 0.15) is 72.0 Å². The highest BCUT2D eigenvalue weighted by Gasteiger charge is 2.24. The molecule has 2 heterocycles. The van der Waals surface area contributed by atoms with E-state index in [1.54, 1.807) is 14.0 Å². The molecule has 39 heavy (non-hydrogen) atoms. The zero-order chi connectivity index (χ0) is 27.2. The van der Waals surface area contributed by atoms with Crippen LogP contribution in [0.25, 0.3) is 11.4 Å². The molecule has 0 saturated heterocycles. The minimum atomic E-state index is -0.0310. The van der Waals surface area contributed by atoms with Gasteiger partial charge in [0.1, 0.15) is 7.11 Å². The van der Waals surface area contributed by atoms with Crippen molar-refractivity contribution in [1.29, 1.82) is 0 Å². The summed E-state index contributed by atoms with van der Waals surface area (Å²) in [6.45, 7) is 7.11. The summed E-state index contributed by atoms with van der Waals surface area (Å²) < 4.78 is 5.08. The van der Waals surface area contributed by atoms with Crippen molar-refractivity contribution in [3.8, 4) is 11.4 Å². The zero-order valence-corrected chi connectivity index (χ0v) is 23.3. The molecule has 1 fully saturated rings. The number of aryl methyl sites for hydroxylation is 1. The fourth-order valence-electron chi connectivity index (χ4n) is 5.86. The summed E-state index contributed by atoms with van der Waals surface area (Å²) in [4.78, 5) is 24.8. The molecule has 206 valence electrons. The molecule has 1 amide bonds. The maximum Gasteiger partial charge on any atom is 0.251 e. The van der Waals surface area contributed by atoms with E-state index in [0.717, 1.165) is 68.1 Å². The number of hydrogen-bond donors (Lipinski definition) is 1. The largest absolute Gasteiger partial charge is 0.399 e. The number of carbonyl (C=O) groups excluding carboxylic acids is 1. The van der Waals surface area contributed by atoms with Gasteiger partial charge in [0.2, 0.25) is 11.7 Å². The standard InChI is InChI=1S/C31H39N5O3/c1-21(34-38-3)25-10-9-24-14-17-36(18-15-26(24)19-25)16-13-23-7-11-29(12-8-23)33-31(37)28-6-4-5-27(20-28)30-32-22(2)39-35-30/h4-6,9-10,19-20,23,29H,7-8,11-18H2,1-3H3,(H,33,37)/b34-21+. The van der Waals surface area contributed by atoms with Gasteiger partial charge in [-0.3, -0.25) is 4.79 Å². The Bertz CT molecular complexity index is 1310. The van der Waals surface area contributed by atoms with Crippen molar-refractivity contribution in [3.63, 3.8) is 0 Å². The first-order valence-corrected chi connectivity index (χ1v) is 14.1. The minimum Gasteiger partial charge on any atom is -0.399 e. The summed E-state index contributed by atoms with van der Waals surface area (Å²) in [5.41, 5.74) is 6.38. The third-order valence-corrected chi connectivity index (χ3v) is 8.19. The Kier molecular flexibility index (Phi) is 8.71. The van der Waals surface area contributed by atoms with Gasteiger partial charge in [0.05, 0.1) is 5.71 Å². The van der Waals surface area contributed by atoms with Crippen molar-refractivity contribution >= 4 is 11.6 Å². The van der Waals surface area contributed by atoms with E-state index in [9.17, 15) is 4.79 Å². The summed E-state index contributed by atoms with van der Waals surface area (Å²) >= 11 is 0. The number of nitrogens with one attached hydrogen (secondary N) is 1. The Morgan fingerprint density at radius 3 is 2.62 bits per heavy atom. The summed E-state index contributed by atoms with van der Waals surface area (Å²) in [5.74, 6) is 1.72. The lowest BCUT2D eigenvalue weighted by molar-refractivity contribution is 0.0920. The van der Waals surface area contributed by atoms with Crippen molar-refractivity contribution in [1.82, 2.24) is 20.4 Å². The smallest absolute Gasteiger partial charge is 0.251 e. The van der Waals surface area contributed by atoms with Gasteiger partial charge < -0.3 is 19.6 Å². The summed E-state index contributed by atoms with van der Waals surface area (Å²) in [5, 5.41) is 11.3. The van der Waals surface area contributed by atoms with E-state index in [1.165, 1.54) is 30.4 Å². The van der Waals surface area contributed by atoms with Crippen LogP contribution in [0.5, 0.6) is 0 Å². The van der Waals surface area contributed by atoms with Crippen LogP contribution in [0.4, 0.5) is 0 Å². The Labute approximate surface area is 230 Å². The lowest BCUT2D eigenvalue weighted by atomic mass is 9.84. The number of carbonyl (C=O) groups is 1. The van der Waals surface area contributed by atoms with Crippen LogP contribution in [0, 0.1) is 12.8 Å². The van der Waals surface area contributed by atoms with Gasteiger partial charge >= 0.3 is 0 Å². The molecule has 0 radical (unpaired) electrons. The average Bonchev–Trinajstić information content (AvgIpc) is 3.29. The molecule has 2 aliphatic rings. The van der Waals surface area contributed by atoms with Crippen LogP contribution in [0.15, 0.2) is 52.1 Å². The number of benzene rings is 2. The van der Waals surface area contributed by atoms with Gasteiger partial charge in [-0.25, -0.2) is 0 Å². The molecule has 0 unspecified atom stereocenters. The molecular weight excluding hydrogens is 490 g/mol. The fourth-order valence-corrected chi connectivity index (χ4v) is 5.86. The highest BCUT2D eigenvalue weighted by molar-refractivity contribution is 5.98. The number of hydrogen-bond acceptors (Lipinski definition) is 7. The molecule has 3 aromatic rings. The molecule has 8 nitrogen and oxygen atoms in total. The van der Waals surface area contributed by atoms with Crippen LogP contribution < -0.4 is 5.32 Å². The van der Waals surface area contributed by atoms with Crippen molar-refractivity contribution < 1.29 is 14.2 Å². The van der Waals surface area contributed by atoms with E-state index in [0.29, 0.717) is 17.3 Å².